The first-order valence-corrected chi connectivity index (χ1v) is 10.2. The van der Waals surface area contributed by atoms with E-state index in [2.05, 4.69) is 20.5 Å². The van der Waals surface area contributed by atoms with Gasteiger partial charge >= 0.3 is 0 Å². The first kappa shape index (κ1) is 19.0. The van der Waals surface area contributed by atoms with Crippen molar-refractivity contribution in [2.75, 3.05) is 18.5 Å². The van der Waals surface area contributed by atoms with Crippen LogP contribution in [-0.4, -0.2) is 56.2 Å². The fourth-order valence-corrected chi connectivity index (χ4v) is 4.81. The summed E-state index contributed by atoms with van der Waals surface area (Å²) in [6, 6.07) is 8.81. The van der Waals surface area contributed by atoms with Crippen molar-refractivity contribution in [3.63, 3.8) is 0 Å². The topological polar surface area (TPSA) is 79.1 Å². The number of imidazole rings is 1. The molecule has 3 fully saturated rings. The number of piperidine rings is 2. The Hall–Kier alpha value is -3.00. The predicted octanol–water partition coefficient (Wildman–Crippen LogP) is 2.95. The molecule has 3 aliphatic rings. The number of nitrogens with zero attached hydrogens (tertiary/aromatic N) is 5. The quantitative estimate of drug-likeness (QED) is 0.691. The summed E-state index contributed by atoms with van der Waals surface area (Å²) >= 11 is 0. The van der Waals surface area contributed by atoms with Gasteiger partial charge in [0, 0.05) is 43.2 Å². The molecule has 30 heavy (non-hydrogen) atoms. The minimum atomic E-state index is -0.962. The van der Waals surface area contributed by atoms with Gasteiger partial charge < -0.3 is 19.9 Å². The molecule has 1 saturated carbocycles. The van der Waals surface area contributed by atoms with E-state index in [9.17, 15) is 5.11 Å². The molecule has 0 unspecified atom stereocenters. The highest BCUT2D eigenvalue weighted by Crippen LogP contribution is 2.42. The number of hydrogen-bond donors (Lipinski definition) is 2. The molecular formula is C22H25FN6O. The second-order valence-corrected chi connectivity index (χ2v) is 8.55. The molecule has 156 valence electrons. The van der Waals surface area contributed by atoms with Gasteiger partial charge in [0.05, 0.1) is 23.8 Å². The number of aromatic hydroxyl groups is 1. The van der Waals surface area contributed by atoms with E-state index in [0.717, 1.165) is 25.1 Å². The fraction of sp³-hybridized carbons (Fsp3) is 0.409. The summed E-state index contributed by atoms with van der Waals surface area (Å²) in [6.45, 7) is 2.80. The van der Waals surface area contributed by atoms with Gasteiger partial charge in [0.1, 0.15) is 11.9 Å². The first-order chi connectivity index (χ1) is 14.5. The Morgan fingerprint density at radius 1 is 1.27 bits per heavy atom. The van der Waals surface area contributed by atoms with E-state index in [0.29, 0.717) is 17.1 Å². The van der Waals surface area contributed by atoms with E-state index in [1.807, 2.05) is 53.9 Å². The van der Waals surface area contributed by atoms with Crippen molar-refractivity contribution in [1.82, 2.24) is 25.1 Å². The normalized spacial score (nSPS) is 27.9. The van der Waals surface area contributed by atoms with Gasteiger partial charge in [0.2, 0.25) is 0 Å². The van der Waals surface area contributed by atoms with Crippen LogP contribution in [0, 0.1) is 5.92 Å². The van der Waals surface area contributed by atoms with Gasteiger partial charge in [-0.05, 0) is 49.9 Å². The maximum absolute atomic E-state index is 15.2. The molecule has 6 rings (SSSR count). The summed E-state index contributed by atoms with van der Waals surface area (Å²) in [5.41, 5.74) is 1.50. The highest BCUT2D eigenvalue weighted by Gasteiger charge is 2.53. The summed E-state index contributed by atoms with van der Waals surface area (Å²) in [5.74, 6) is 1.01. The minimum Gasteiger partial charge on any atom is -0.507 e. The zero-order valence-electron chi connectivity index (χ0n) is 17.0. The van der Waals surface area contributed by atoms with Crippen LogP contribution in [-0.2, 0) is 0 Å². The summed E-state index contributed by atoms with van der Waals surface area (Å²) in [7, 11) is 1.89. The largest absolute Gasteiger partial charge is 0.507 e. The third-order valence-corrected chi connectivity index (χ3v) is 6.71. The van der Waals surface area contributed by atoms with Gasteiger partial charge in [0.25, 0.3) is 0 Å². The van der Waals surface area contributed by atoms with E-state index in [1.54, 1.807) is 18.6 Å². The van der Waals surface area contributed by atoms with Gasteiger partial charge in [-0.3, -0.25) is 0 Å². The molecule has 0 spiro atoms. The number of benzene rings is 1. The lowest BCUT2D eigenvalue weighted by Crippen LogP contribution is -2.70. The Kier molecular flexibility index (Phi) is 4.47. The van der Waals surface area contributed by atoms with E-state index >= 15 is 4.39 Å². The van der Waals surface area contributed by atoms with Crippen LogP contribution in [0.1, 0.15) is 19.8 Å². The summed E-state index contributed by atoms with van der Waals surface area (Å²) in [5, 5.41) is 22.5. The molecule has 2 aliphatic heterocycles. The van der Waals surface area contributed by atoms with Crippen molar-refractivity contribution < 1.29 is 9.50 Å². The molecule has 7 nitrogen and oxygen atoms in total. The Bertz CT molecular complexity index is 1030. The molecule has 2 bridgehead atoms. The van der Waals surface area contributed by atoms with Gasteiger partial charge in [-0.2, -0.15) is 0 Å². The molecule has 0 amide bonds. The number of aromatic nitrogens is 4. The molecular weight excluding hydrogens is 383 g/mol. The maximum Gasteiger partial charge on any atom is 0.151 e. The van der Waals surface area contributed by atoms with Crippen molar-refractivity contribution in [2.45, 2.75) is 37.5 Å². The Labute approximate surface area is 174 Å². The Morgan fingerprint density at radius 2 is 2.13 bits per heavy atom. The molecule has 1 aliphatic carbocycles. The number of nitrogens with one attached hydrogen (secondary N) is 1. The minimum absolute atomic E-state index is 0.115. The zero-order chi connectivity index (χ0) is 20.9. The maximum atomic E-state index is 15.2. The van der Waals surface area contributed by atoms with Crippen LogP contribution in [0.3, 0.4) is 0 Å². The Morgan fingerprint density at radius 3 is 2.77 bits per heavy atom. The molecule has 4 heterocycles. The SMILES string of the molecule is CN(c1ccc(-c2ccc(-n3ccnc3)cc2O)nn1)[C@@H]1[C@@H]2CC[C@@](C)(NC2)[C@H]1F. The number of phenolic OH excluding ortho intramolecular Hbond substituents is 1. The molecule has 2 saturated heterocycles. The highest BCUT2D eigenvalue weighted by molar-refractivity contribution is 5.69. The van der Waals surface area contributed by atoms with Crippen molar-refractivity contribution in [3.8, 4) is 22.7 Å². The summed E-state index contributed by atoms with van der Waals surface area (Å²) in [4.78, 5) is 5.94. The van der Waals surface area contributed by atoms with Crippen LogP contribution in [0.2, 0.25) is 0 Å². The van der Waals surface area contributed by atoms with Crippen molar-refractivity contribution >= 4 is 5.82 Å². The zero-order valence-corrected chi connectivity index (χ0v) is 17.0. The fourth-order valence-electron chi connectivity index (χ4n) is 4.81. The summed E-state index contributed by atoms with van der Waals surface area (Å²) in [6.07, 6.45) is 6.08. The molecule has 1 aromatic carbocycles. The molecule has 8 heteroatoms. The van der Waals surface area contributed by atoms with Crippen LogP contribution in [0.5, 0.6) is 5.75 Å². The standard InChI is InChI=1S/C22H25FN6O/c1-22-8-7-14(12-25-22)20(21(22)23)28(2)19-6-5-17(26-27-19)16-4-3-15(11-18(16)30)29-10-9-24-13-29/h3-6,9-11,13-14,20-21,25,30H,7-8,12H2,1-2H3/t14-,20-,21+,22-/m1/s1. The highest BCUT2D eigenvalue weighted by atomic mass is 19.1. The molecule has 4 atom stereocenters. The average Bonchev–Trinajstić information content (AvgIpc) is 3.30. The van der Waals surface area contributed by atoms with Gasteiger partial charge in [-0.25, -0.2) is 9.37 Å². The van der Waals surface area contributed by atoms with Gasteiger partial charge in [0.15, 0.2) is 5.82 Å². The van der Waals surface area contributed by atoms with E-state index in [4.69, 9.17) is 0 Å². The van der Waals surface area contributed by atoms with Crippen LogP contribution < -0.4 is 10.2 Å². The van der Waals surface area contributed by atoms with Gasteiger partial charge in [-0.15, -0.1) is 10.2 Å². The lowest BCUT2D eigenvalue weighted by atomic mass is 9.68. The van der Waals surface area contributed by atoms with E-state index < -0.39 is 11.7 Å². The van der Waals surface area contributed by atoms with Crippen LogP contribution >= 0.6 is 0 Å². The number of rotatable bonds is 4. The number of halogens is 1. The number of phenols is 1. The van der Waals surface area contributed by atoms with Gasteiger partial charge in [-0.1, -0.05) is 0 Å². The second kappa shape index (κ2) is 7.05. The van der Waals surface area contributed by atoms with Crippen LogP contribution in [0.15, 0.2) is 49.1 Å². The second-order valence-electron chi connectivity index (χ2n) is 8.55. The lowest BCUT2D eigenvalue weighted by Gasteiger charge is -2.54. The number of hydrogen-bond acceptors (Lipinski definition) is 6. The van der Waals surface area contributed by atoms with E-state index in [1.165, 1.54) is 0 Å². The van der Waals surface area contributed by atoms with Crippen LogP contribution in [0.4, 0.5) is 10.2 Å². The molecule has 0 radical (unpaired) electrons. The molecule has 3 aromatic rings. The summed E-state index contributed by atoms with van der Waals surface area (Å²) < 4.78 is 17.0. The monoisotopic (exact) mass is 408 g/mol. The van der Waals surface area contributed by atoms with Crippen LogP contribution in [0.25, 0.3) is 16.9 Å². The number of alkyl halides is 1. The van der Waals surface area contributed by atoms with Crippen molar-refractivity contribution in [1.29, 1.82) is 0 Å². The third kappa shape index (κ3) is 3.02. The van der Waals surface area contributed by atoms with E-state index in [-0.39, 0.29) is 17.7 Å². The number of fused-ring (bicyclic) bond motifs is 3. The third-order valence-electron chi connectivity index (χ3n) is 6.71. The molecule has 2 N–H and O–H groups in total. The molecule has 2 aromatic heterocycles. The van der Waals surface area contributed by atoms with Crippen molar-refractivity contribution in [3.05, 3.63) is 49.1 Å². The number of anilines is 1. The average molecular weight is 408 g/mol. The van der Waals surface area contributed by atoms with Crippen molar-refractivity contribution in [2.24, 2.45) is 5.92 Å². The Balaban J connectivity index is 1.38. The lowest BCUT2D eigenvalue weighted by molar-refractivity contribution is 0.0102. The first-order valence-electron chi connectivity index (χ1n) is 10.2. The smallest absolute Gasteiger partial charge is 0.151 e. The predicted molar refractivity (Wildman–Crippen MR) is 112 cm³/mol.